The summed E-state index contributed by atoms with van der Waals surface area (Å²) in [5.41, 5.74) is 1.62. The molecule has 8 nitrogen and oxygen atoms in total. The molecule has 2 heterocycles. The van der Waals surface area contributed by atoms with E-state index in [1.807, 2.05) is 6.92 Å². The molecule has 1 aliphatic carbocycles. The molecule has 9 heteroatoms. The summed E-state index contributed by atoms with van der Waals surface area (Å²) in [6, 6.07) is 9.91. The first kappa shape index (κ1) is 20.5. The first-order chi connectivity index (χ1) is 14.3. The zero-order valence-corrected chi connectivity index (χ0v) is 17.7. The monoisotopic (exact) mass is 428 g/mol. The summed E-state index contributed by atoms with van der Waals surface area (Å²) < 4.78 is 27.0. The van der Waals surface area contributed by atoms with Gasteiger partial charge in [-0.2, -0.15) is 4.31 Å². The van der Waals surface area contributed by atoms with E-state index in [-0.39, 0.29) is 29.3 Å². The molecule has 1 N–H and O–H groups in total. The SMILES string of the molecule is CC1Cc2cc(S(=O)(=O)N(C)CC(=O)Nc3ccccn3)ccc2N1C(=O)C1CC1. The van der Waals surface area contributed by atoms with E-state index in [9.17, 15) is 18.0 Å². The molecule has 30 heavy (non-hydrogen) atoms. The molecule has 0 spiro atoms. The van der Waals surface area contributed by atoms with Crippen molar-refractivity contribution in [2.24, 2.45) is 5.92 Å². The van der Waals surface area contributed by atoms with E-state index < -0.39 is 15.9 Å². The van der Waals surface area contributed by atoms with Crippen molar-refractivity contribution < 1.29 is 18.0 Å². The fourth-order valence-electron chi connectivity index (χ4n) is 3.72. The second-order valence-electron chi connectivity index (χ2n) is 7.85. The molecule has 0 radical (unpaired) electrons. The van der Waals surface area contributed by atoms with Gasteiger partial charge >= 0.3 is 0 Å². The third kappa shape index (κ3) is 3.95. The smallest absolute Gasteiger partial charge is 0.243 e. The first-order valence-corrected chi connectivity index (χ1v) is 11.3. The summed E-state index contributed by atoms with van der Waals surface area (Å²) in [5.74, 6) is 0.113. The van der Waals surface area contributed by atoms with Crippen LogP contribution in [-0.4, -0.2) is 49.2 Å². The second kappa shape index (κ2) is 7.81. The molecule has 1 unspecified atom stereocenters. The van der Waals surface area contributed by atoms with Crippen molar-refractivity contribution in [2.75, 3.05) is 23.8 Å². The third-order valence-corrected chi connectivity index (χ3v) is 7.24. The molecule has 4 rings (SSSR count). The Kier molecular flexibility index (Phi) is 5.33. The quantitative estimate of drug-likeness (QED) is 0.759. The molecule has 1 atom stereocenters. The molecule has 158 valence electrons. The fraction of sp³-hybridized carbons (Fsp3) is 0.381. The number of hydrogen-bond acceptors (Lipinski definition) is 5. The number of amides is 2. The van der Waals surface area contributed by atoms with Crippen LogP contribution in [0.3, 0.4) is 0 Å². The van der Waals surface area contributed by atoms with E-state index in [1.54, 1.807) is 41.4 Å². The van der Waals surface area contributed by atoms with E-state index in [0.29, 0.717) is 12.2 Å². The Morgan fingerprint density at radius 2 is 2.00 bits per heavy atom. The number of fused-ring (bicyclic) bond motifs is 1. The minimum atomic E-state index is -3.86. The maximum atomic E-state index is 13.0. The Bertz CT molecular complexity index is 1080. The summed E-state index contributed by atoms with van der Waals surface area (Å²) in [6.45, 7) is 1.64. The van der Waals surface area contributed by atoms with E-state index in [1.165, 1.54) is 13.1 Å². The van der Waals surface area contributed by atoms with Crippen molar-refractivity contribution in [1.29, 1.82) is 0 Å². The van der Waals surface area contributed by atoms with Crippen LogP contribution in [0.4, 0.5) is 11.5 Å². The number of carbonyl (C=O) groups is 2. The number of carbonyl (C=O) groups excluding carboxylic acids is 2. The van der Waals surface area contributed by atoms with Crippen LogP contribution in [0.1, 0.15) is 25.3 Å². The van der Waals surface area contributed by atoms with Gasteiger partial charge in [0.15, 0.2) is 0 Å². The average Bonchev–Trinajstić information content (AvgIpc) is 3.50. The van der Waals surface area contributed by atoms with Gasteiger partial charge in [0.25, 0.3) is 0 Å². The van der Waals surface area contributed by atoms with Crippen LogP contribution in [0.25, 0.3) is 0 Å². The summed E-state index contributed by atoms with van der Waals surface area (Å²) in [4.78, 5) is 30.7. The zero-order valence-electron chi connectivity index (χ0n) is 16.9. The molecule has 2 aliphatic rings. The van der Waals surface area contributed by atoms with Crippen LogP contribution in [0.5, 0.6) is 0 Å². The Balaban J connectivity index is 1.49. The average molecular weight is 429 g/mol. The second-order valence-corrected chi connectivity index (χ2v) is 9.90. The van der Waals surface area contributed by atoms with E-state index in [0.717, 1.165) is 28.4 Å². The van der Waals surface area contributed by atoms with E-state index in [4.69, 9.17) is 0 Å². The van der Waals surface area contributed by atoms with Crippen LogP contribution in [0.15, 0.2) is 47.5 Å². The normalized spacial score (nSPS) is 18.4. The molecule has 1 aromatic heterocycles. The van der Waals surface area contributed by atoms with Gasteiger partial charge in [0, 0.05) is 30.9 Å². The van der Waals surface area contributed by atoms with Gasteiger partial charge in [-0.3, -0.25) is 9.59 Å². The minimum absolute atomic E-state index is 0.00735. The Labute approximate surface area is 175 Å². The number of likely N-dealkylation sites (N-methyl/N-ethyl adjacent to an activating group) is 1. The van der Waals surface area contributed by atoms with Crippen molar-refractivity contribution in [3.8, 4) is 0 Å². The predicted octanol–water partition coefficient (Wildman–Crippen LogP) is 2.03. The molecule has 1 fully saturated rings. The van der Waals surface area contributed by atoms with Gasteiger partial charge < -0.3 is 10.2 Å². The summed E-state index contributed by atoms with van der Waals surface area (Å²) in [5, 5.41) is 2.58. The van der Waals surface area contributed by atoms with Gasteiger partial charge in [-0.1, -0.05) is 6.07 Å². The topological polar surface area (TPSA) is 99.7 Å². The van der Waals surface area contributed by atoms with Crippen molar-refractivity contribution >= 4 is 33.3 Å². The molecule has 1 saturated carbocycles. The van der Waals surface area contributed by atoms with Crippen molar-refractivity contribution in [1.82, 2.24) is 9.29 Å². The van der Waals surface area contributed by atoms with Crippen LogP contribution in [-0.2, 0) is 26.0 Å². The number of rotatable bonds is 6. The molecule has 0 bridgehead atoms. The van der Waals surface area contributed by atoms with Crippen LogP contribution in [0, 0.1) is 5.92 Å². The van der Waals surface area contributed by atoms with Gasteiger partial charge in [0.2, 0.25) is 21.8 Å². The van der Waals surface area contributed by atoms with Gasteiger partial charge in [-0.15, -0.1) is 0 Å². The largest absolute Gasteiger partial charge is 0.310 e. The minimum Gasteiger partial charge on any atom is -0.310 e. The highest BCUT2D eigenvalue weighted by atomic mass is 32.2. The van der Waals surface area contributed by atoms with Crippen molar-refractivity contribution in [2.45, 2.75) is 37.1 Å². The number of sulfonamides is 1. The van der Waals surface area contributed by atoms with Crippen LogP contribution < -0.4 is 10.2 Å². The Morgan fingerprint density at radius 3 is 2.67 bits per heavy atom. The first-order valence-electron chi connectivity index (χ1n) is 9.90. The molecule has 0 saturated heterocycles. The zero-order chi connectivity index (χ0) is 21.5. The van der Waals surface area contributed by atoms with Crippen molar-refractivity contribution in [3.05, 3.63) is 48.2 Å². The van der Waals surface area contributed by atoms with Gasteiger partial charge in [0.05, 0.1) is 11.4 Å². The maximum absolute atomic E-state index is 13.0. The highest BCUT2D eigenvalue weighted by molar-refractivity contribution is 7.89. The lowest BCUT2D eigenvalue weighted by Gasteiger charge is -2.23. The highest BCUT2D eigenvalue weighted by Gasteiger charge is 2.40. The Hall–Kier alpha value is -2.78. The molecule has 1 aliphatic heterocycles. The number of aromatic nitrogens is 1. The summed E-state index contributed by atoms with van der Waals surface area (Å²) in [6.07, 6.45) is 4.00. The predicted molar refractivity (Wildman–Crippen MR) is 113 cm³/mol. The number of nitrogens with one attached hydrogen (secondary N) is 1. The number of nitrogens with zero attached hydrogens (tertiary/aromatic N) is 3. The van der Waals surface area contributed by atoms with Crippen molar-refractivity contribution in [3.63, 3.8) is 0 Å². The number of hydrogen-bond donors (Lipinski definition) is 1. The number of benzene rings is 1. The maximum Gasteiger partial charge on any atom is 0.243 e. The highest BCUT2D eigenvalue weighted by Crippen LogP contribution is 2.39. The van der Waals surface area contributed by atoms with E-state index >= 15 is 0 Å². The lowest BCUT2D eigenvalue weighted by Crippen LogP contribution is -2.36. The van der Waals surface area contributed by atoms with E-state index in [2.05, 4.69) is 10.3 Å². The standard InChI is InChI=1S/C21H24N4O4S/c1-14-11-16-12-17(8-9-18(16)25(14)21(27)15-6-7-15)30(28,29)24(2)13-20(26)23-19-5-3-4-10-22-19/h3-5,8-10,12,14-15H,6-7,11,13H2,1-2H3,(H,22,23,26). The fourth-order valence-corrected chi connectivity index (χ4v) is 4.90. The molecular weight excluding hydrogens is 404 g/mol. The Morgan fingerprint density at radius 1 is 1.23 bits per heavy atom. The molecular formula is C21H24N4O4S. The number of anilines is 2. The van der Waals surface area contributed by atoms with Gasteiger partial charge in [0.1, 0.15) is 5.82 Å². The molecule has 2 aromatic rings. The molecule has 2 amide bonds. The van der Waals surface area contributed by atoms with Gasteiger partial charge in [-0.05, 0) is 62.1 Å². The van der Waals surface area contributed by atoms with Gasteiger partial charge in [-0.25, -0.2) is 13.4 Å². The molecule has 1 aromatic carbocycles. The summed E-state index contributed by atoms with van der Waals surface area (Å²) in [7, 11) is -2.49. The van der Waals surface area contributed by atoms with Crippen LogP contribution >= 0.6 is 0 Å². The summed E-state index contributed by atoms with van der Waals surface area (Å²) >= 11 is 0. The number of pyridine rings is 1. The lowest BCUT2D eigenvalue weighted by atomic mass is 10.1. The van der Waals surface area contributed by atoms with Crippen LogP contribution in [0.2, 0.25) is 0 Å². The third-order valence-electron chi connectivity index (χ3n) is 5.44. The lowest BCUT2D eigenvalue weighted by molar-refractivity contribution is -0.120.